The summed E-state index contributed by atoms with van der Waals surface area (Å²) < 4.78 is 5.59. The van der Waals surface area contributed by atoms with Crippen molar-refractivity contribution in [2.24, 2.45) is 0 Å². The first-order valence-corrected chi connectivity index (χ1v) is 8.27. The molecule has 2 rings (SSSR count). The Bertz CT molecular complexity index is 725. The van der Waals surface area contributed by atoms with Crippen LogP contribution >= 0.6 is 0 Å². The van der Waals surface area contributed by atoms with Gasteiger partial charge in [-0.3, -0.25) is 4.79 Å². The first-order valence-electron chi connectivity index (χ1n) is 8.27. The lowest BCUT2D eigenvalue weighted by Gasteiger charge is -2.18. The van der Waals surface area contributed by atoms with Crippen molar-refractivity contribution in [1.82, 2.24) is 4.90 Å². The van der Waals surface area contributed by atoms with Gasteiger partial charge in [0.15, 0.2) is 0 Å². The number of ether oxygens (including phenoxy) is 1. The second-order valence-corrected chi connectivity index (χ2v) is 5.92. The van der Waals surface area contributed by atoms with Gasteiger partial charge >= 0.3 is 5.97 Å². The van der Waals surface area contributed by atoms with E-state index in [1.807, 2.05) is 31.2 Å². The van der Waals surface area contributed by atoms with E-state index in [4.69, 9.17) is 9.84 Å². The maximum absolute atomic E-state index is 12.4. The lowest BCUT2D eigenvalue weighted by molar-refractivity contribution is -0.129. The lowest BCUT2D eigenvalue weighted by Crippen LogP contribution is -2.27. The number of likely N-dealkylation sites (N-methyl/N-ethyl adjacent to an activating group) is 1. The van der Waals surface area contributed by atoms with E-state index in [1.165, 1.54) is 0 Å². The molecule has 0 aliphatic heterocycles. The number of amides is 1. The number of carbonyl (C=O) groups is 2. The van der Waals surface area contributed by atoms with E-state index >= 15 is 0 Å². The molecule has 2 aromatic rings. The third-order valence-electron chi connectivity index (χ3n) is 3.77. The van der Waals surface area contributed by atoms with E-state index in [0.717, 1.165) is 23.3 Å². The van der Waals surface area contributed by atoms with Crippen molar-refractivity contribution in [3.8, 4) is 5.75 Å². The van der Waals surface area contributed by atoms with Crippen LogP contribution in [0.1, 0.15) is 34.8 Å². The van der Waals surface area contributed by atoms with Gasteiger partial charge < -0.3 is 14.7 Å². The highest BCUT2D eigenvalue weighted by molar-refractivity contribution is 5.87. The minimum Gasteiger partial charge on any atom is -0.494 e. The molecule has 1 amide bonds. The second kappa shape index (κ2) is 8.87. The van der Waals surface area contributed by atoms with E-state index in [2.05, 4.69) is 0 Å². The molecule has 0 aliphatic rings. The number of nitrogens with zero attached hydrogens (tertiary/aromatic N) is 1. The van der Waals surface area contributed by atoms with Gasteiger partial charge in [0.2, 0.25) is 5.91 Å². The average molecular weight is 341 g/mol. The van der Waals surface area contributed by atoms with Crippen molar-refractivity contribution in [1.29, 1.82) is 0 Å². The number of hydrogen-bond acceptors (Lipinski definition) is 3. The Hall–Kier alpha value is -2.82. The number of carboxylic acids is 1. The highest BCUT2D eigenvalue weighted by Crippen LogP contribution is 2.15. The molecule has 132 valence electrons. The van der Waals surface area contributed by atoms with Gasteiger partial charge in [0.25, 0.3) is 0 Å². The van der Waals surface area contributed by atoms with E-state index in [0.29, 0.717) is 19.6 Å². The minimum absolute atomic E-state index is 0.00467. The van der Waals surface area contributed by atoms with Gasteiger partial charge in [0.05, 0.1) is 18.6 Å². The molecule has 0 radical (unpaired) electrons. The van der Waals surface area contributed by atoms with Gasteiger partial charge in [-0.05, 0) is 41.8 Å². The molecular weight excluding hydrogens is 318 g/mol. The first-order chi connectivity index (χ1) is 12.0. The molecule has 0 saturated carbocycles. The molecule has 5 nitrogen and oxygen atoms in total. The molecule has 0 heterocycles. The van der Waals surface area contributed by atoms with Gasteiger partial charge in [-0.1, -0.05) is 31.2 Å². The summed E-state index contributed by atoms with van der Waals surface area (Å²) in [7, 11) is 1.74. The molecule has 1 N–H and O–H groups in total. The van der Waals surface area contributed by atoms with Crippen molar-refractivity contribution in [3.05, 3.63) is 65.2 Å². The molecule has 0 spiro atoms. The number of rotatable bonds is 8. The number of hydrogen-bond donors (Lipinski definition) is 1. The molecule has 0 saturated heterocycles. The Labute approximate surface area is 147 Å². The van der Waals surface area contributed by atoms with Crippen LogP contribution in [-0.2, 0) is 17.8 Å². The van der Waals surface area contributed by atoms with Crippen molar-refractivity contribution >= 4 is 11.9 Å². The molecule has 0 bridgehead atoms. The van der Waals surface area contributed by atoms with E-state index < -0.39 is 5.97 Å². The Morgan fingerprint density at radius 1 is 1.08 bits per heavy atom. The van der Waals surface area contributed by atoms with Crippen LogP contribution in [0.5, 0.6) is 5.75 Å². The van der Waals surface area contributed by atoms with Gasteiger partial charge in [-0.15, -0.1) is 0 Å². The highest BCUT2D eigenvalue weighted by Gasteiger charge is 2.11. The fraction of sp³-hybridized carbons (Fsp3) is 0.300. The summed E-state index contributed by atoms with van der Waals surface area (Å²) in [6, 6.07) is 14.1. The number of carbonyl (C=O) groups excluding carboxylic acids is 1. The van der Waals surface area contributed by atoms with E-state index in [1.54, 1.807) is 36.2 Å². The maximum atomic E-state index is 12.4. The summed E-state index contributed by atoms with van der Waals surface area (Å²) >= 11 is 0. The van der Waals surface area contributed by atoms with Crippen molar-refractivity contribution < 1.29 is 19.4 Å². The molecule has 0 fully saturated rings. The molecule has 0 aliphatic carbocycles. The predicted octanol–water partition coefficient (Wildman–Crippen LogP) is 3.37. The van der Waals surface area contributed by atoms with Crippen molar-refractivity contribution in [2.45, 2.75) is 26.3 Å². The van der Waals surface area contributed by atoms with Crippen LogP contribution in [0, 0.1) is 0 Å². The summed E-state index contributed by atoms with van der Waals surface area (Å²) in [6.45, 7) is 3.14. The molecule has 2 aromatic carbocycles. The smallest absolute Gasteiger partial charge is 0.335 e. The van der Waals surface area contributed by atoms with E-state index in [-0.39, 0.29) is 11.5 Å². The summed E-state index contributed by atoms with van der Waals surface area (Å²) in [5, 5.41) is 8.91. The summed E-state index contributed by atoms with van der Waals surface area (Å²) in [5.74, 6) is -0.185. The van der Waals surface area contributed by atoms with Gasteiger partial charge in [-0.25, -0.2) is 4.79 Å². The SMILES string of the molecule is CCCOc1cccc(CC(=O)N(C)Cc2ccc(C(=O)O)cc2)c1. The van der Waals surface area contributed by atoms with Crippen LogP contribution in [0.2, 0.25) is 0 Å². The molecule has 0 unspecified atom stereocenters. The quantitative estimate of drug-likeness (QED) is 0.799. The van der Waals surface area contributed by atoms with Gasteiger partial charge in [0, 0.05) is 13.6 Å². The van der Waals surface area contributed by atoms with Crippen molar-refractivity contribution in [2.75, 3.05) is 13.7 Å². The van der Waals surface area contributed by atoms with Crippen LogP contribution in [0.3, 0.4) is 0 Å². The number of carboxylic acid groups (broad SMARTS) is 1. The zero-order valence-corrected chi connectivity index (χ0v) is 14.6. The minimum atomic E-state index is -0.957. The second-order valence-electron chi connectivity index (χ2n) is 5.92. The highest BCUT2D eigenvalue weighted by atomic mass is 16.5. The average Bonchev–Trinajstić information content (AvgIpc) is 2.60. The molecule has 5 heteroatoms. The fourth-order valence-electron chi connectivity index (χ4n) is 2.39. The summed E-state index contributed by atoms with van der Waals surface area (Å²) in [4.78, 5) is 24.9. The van der Waals surface area contributed by atoms with Crippen LogP contribution in [-0.4, -0.2) is 35.5 Å². The van der Waals surface area contributed by atoms with Crippen LogP contribution in [0.4, 0.5) is 0 Å². The van der Waals surface area contributed by atoms with Crippen LogP contribution in [0.15, 0.2) is 48.5 Å². The Kier molecular flexibility index (Phi) is 6.57. The maximum Gasteiger partial charge on any atom is 0.335 e. The van der Waals surface area contributed by atoms with Crippen molar-refractivity contribution in [3.63, 3.8) is 0 Å². The molecule has 25 heavy (non-hydrogen) atoms. The monoisotopic (exact) mass is 341 g/mol. The van der Waals surface area contributed by atoms with Crippen LogP contribution < -0.4 is 4.74 Å². The number of aromatic carboxylic acids is 1. The molecule has 0 aromatic heterocycles. The molecular formula is C20H23NO4. The summed E-state index contributed by atoms with van der Waals surface area (Å²) in [5.41, 5.74) is 2.04. The first kappa shape index (κ1) is 18.5. The van der Waals surface area contributed by atoms with Gasteiger partial charge in [0.1, 0.15) is 5.75 Å². The standard InChI is InChI=1S/C20H23NO4/c1-3-11-25-18-6-4-5-16(12-18)13-19(22)21(2)14-15-7-9-17(10-8-15)20(23)24/h4-10,12H,3,11,13-14H2,1-2H3,(H,23,24). The topological polar surface area (TPSA) is 66.8 Å². The largest absolute Gasteiger partial charge is 0.494 e. The van der Waals surface area contributed by atoms with Crippen LogP contribution in [0.25, 0.3) is 0 Å². The zero-order chi connectivity index (χ0) is 18.2. The van der Waals surface area contributed by atoms with Gasteiger partial charge in [-0.2, -0.15) is 0 Å². The normalized spacial score (nSPS) is 10.3. The third kappa shape index (κ3) is 5.64. The molecule has 0 atom stereocenters. The summed E-state index contributed by atoms with van der Waals surface area (Å²) in [6.07, 6.45) is 1.24. The Morgan fingerprint density at radius 3 is 2.44 bits per heavy atom. The third-order valence-corrected chi connectivity index (χ3v) is 3.77. The predicted molar refractivity (Wildman–Crippen MR) is 95.8 cm³/mol. The Balaban J connectivity index is 1.94. The fourth-order valence-corrected chi connectivity index (χ4v) is 2.39. The zero-order valence-electron chi connectivity index (χ0n) is 14.6. The Morgan fingerprint density at radius 2 is 1.80 bits per heavy atom. The lowest BCUT2D eigenvalue weighted by atomic mass is 10.1. The number of benzene rings is 2. The van der Waals surface area contributed by atoms with E-state index in [9.17, 15) is 9.59 Å².